The van der Waals surface area contributed by atoms with Crippen LogP contribution in [0.4, 0.5) is 4.39 Å². The highest BCUT2D eigenvalue weighted by Gasteiger charge is 2.26. The van der Waals surface area contributed by atoms with E-state index in [0.717, 1.165) is 54.7 Å². The van der Waals surface area contributed by atoms with Crippen molar-refractivity contribution in [1.82, 2.24) is 9.78 Å². The maximum Gasteiger partial charge on any atom is 0.329 e. The van der Waals surface area contributed by atoms with Gasteiger partial charge in [0.2, 0.25) is 0 Å². The molecule has 0 radical (unpaired) electrons. The van der Waals surface area contributed by atoms with Crippen LogP contribution in [0, 0.1) is 24.6 Å². The van der Waals surface area contributed by atoms with Gasteiger partial charge in [-0.25, -0.2) is 9.18 Å². The van der Waals surface area contributed by atoms with Crippen LogP contribution in [0.25, 0.3) is 22.4 Å². The monoisotopic (exact) mass is 436 g/mol. The lowest BCUT2D eigenvalue weighted by atomic mass is 9.82. The molecule has 32 heavy (non-hydrogen) atoms. The fraction of sp³-hybridized carbons (Fsp3) is 0.385. The summed E-state index contributed by atoms with van der Waals surface area (Å²) in [7, 11) is 0. The minimum Gasteiger partial charge on any atom is -0.480 e. The van der Waals surface area contributed by atoms with Gasteiger partial charge < -0.3 is 9.84 Å². The maximum atomic E-state index is 14.9. The first-order valence-corrected chi connectivity index (χ1v) is 11.2. The average molecular weight is 437 g/mol. The van der Waals surface area contributed by atoms with Crippen LogP contribution in [0.2, 0.25) is 0 Å². The molecule has 1 heterocycles. The van der Waals surface area contributed by atoms with Crippen LogP contribution in [0.15, 0.2) is 54.6 Å². The molecule has 0 bridgehead atoms. The van der Waals surface area contributed by atoms with E-state index in [1.54, 1.807) is 6.07 Å². The second-order valence-corrected chi connectivity index (χ2v) is 8.63. The molecule has 0 atom stereocenters. The summed E-state index contributed by atoms with van der Waals surface area (Å²) in [6, 6.07) is 16.9. The van der Waals surface area contributed by atoms with E-state index in [1.807, 2.05) is 54.1 Å². The molecule has 1 saturated carbocycles. The molecule has 1 N–H and O–H groups in total. The summed E-state index contributed by atoms with van der Waals surface area (Å²) < 4.78 is 22.1. The predicted molar refractivity (Wildman–Crippen MR) is 122 cm³/mol. The van der Waals surface area contributed by atoms with Crippen LogP contribution in [-0.4, -0.2) is 34.1 Å². The molecule has 1 aromatic heterocycles. The van der Waals surface area contributed by atoms with Gasteiger partial charge in [-0.1, -0.05) is 42.5 Å². The van der Waals surface area contributed by atoms with Crippen molar-refractivity contribution in [3.05, 3.63) is 66.1 Å². The van der Waals surface area contributed by atoms with Gasteiger partial charge in [0.15, 0.2) is 0 Å². The Balaban J connectivity index is 1.56. The van der Waals surface area contributed by atoms with Crippen molar-refractivity contribution in [3.8, 4) is 22.4 Å². The zero-order chi connectivity index (χ0) is 22.5. The molecule has 0 saturated heterocycles. The van der Waals surface area contributed by atoms with Gasteiger partial charge in [-0.15, -0.1) is 0 Å². The van der Waals surface area contributed by atoms with Gasteiger partial charge in [0, 0.05) is 17.7 Å². The third kappa shape index (κ3) is 5.07. The van der Waals surface area contributed by atoms with E-state index < -0.39 is 5.97 Å². The molecule has 0 unspecified atom stereocenters. The smallest absolute Gasteiger partial charge is 0.329 e. The van der Waals surface area contributed by atoms with Gasteiger partial charge in [-0.2, -0.15) is 5.10 Å². The number of hydrogen-bond acceptors (Lipinski definition) is 3. The summed E-state index contributed by atoms with van der Waals surface area (Å²) in [5.74, 6) is -0.331. The Bertz CT molecular complexity index is 1060. The fourth-order valence-corrected chi connectivity index (χ4v) is 4.73. The second kappa shape index (κ2) is 10.1. The van der Waals surface area contributed by atoms with Gasteiger partial charge >= 0.3 is 5.97 Å². The highest BCUT2D eigenvalue weighted by atomic mass is 19.1. The largest absolute Gasteiger partial charge is 0.480 e. The van der Waals surface area contributed by atoms with E-state index in [2.05, 4.69) is 0 Å². The number of carboxylic acids is 1. The molecule has 1 fully saturated rings. The van der Waals surface area contributed by atoms with Crippen LogP contribution >= 0.6 is 0 Å². The van der Waals surface area contributed by atoms with Gasteiger partial charge in [-0.3, -0.25) is 4.68 Å². The Labute approximate surface area is 187 Å². The summed E-state index contributed by atoms with van der Waals surface area (Å²) >= 11 is 0. The summed E-state index contributed by atoms with van der Waals surface area (Å²) in [5.41, 5.74) is 4.31. The average Bonchev–Trinajstić information content (AvgIpc) is 3.11. The third-order valence-electron chi connectivity index (χ3n) is 6.30. The molecule has 0 spiro atoms. The second-order valence-electron chi connectivity index (χ2n) is 8.63. The Morgan fingerprint density at radius 2 is 1.72 bits per heavy atom. The third-order valence-corrected chi connectivity index (χ3v) is 6.30. The molecular weight excluding hydrogens is 407 g/mol. The van der Waals surface area contributed by atoms with Gasteiger partial charge in [-0.05, 0) is 62.1 Å². The highest BCUT2D eigenvalue weighted by Crippen LogP contribution is 2.38. The molecule has 1 aliphatic carbocycles. The maximum absolute atomic E-state index is 14.9. The zero-order valence-corrected chi connectivity index (χ0v) is 18.3. The molecule has 0 aliphatic heterocycles. The highest BCUT2D eigenvalue weighted by molar-refractivity contribution is 5.83. The number of aliphatic carboxylic acids is 1. The van der Waals surface area contributed by atoms with Crippen LogP contribution in [0.5, 0.6) is 0 Å². The van der Waals surface area contributed by atoms with E-state index in [-0.39, 0.29) is 12.4 Å². The number of halogens is 1. The molecule has 2 aromatic carbocycles. The van der Waals surface area contributed by atoms with E-state index in [9.17, 15) is 9.18 Å². The van der Waals surface area contributed by atoms with Crippen LogP contribution in [-0.2, 0) is 16.1 Å². The van der Waals surface area contributed by atoms with Crippen molar-refractivity contribution in [3.63, 3.8) is 0 Å². The molecule has 3 aromatic rings. The normalized spacial score (nSPS) is 18.6. The first-order valence-electron chi connectivity index (χ1n) is 11.2. The molecule has 168 valence electrons. The Morgan fingerprint density at radius 1 is 1.06 bits per heavy atom. The van der Waals surface area contributed by atoms with Gasteiger partial charge in [0.25, 0.3) is 0 Å². The number of nitrogens with zero attached hydrogens (tertiary/aromatic N) is 2. The number of aryl methyl sites for hydroxylation is 1. The molecule has 4 rings (SSSR count). The van der Waals surface area contributed by atoms with E-state index in [1.165, 1.54) is 6.07 Å². The van der Waals surface area contributed by atoms with Gasteiger partial charge in [0.1, 0.15) is 12.4 Å². The summed E-state index contributed by atoms with van der Waals surface area (Å²) in [6.45, 7) is 2.99. The number of ether oxygens (including phenoxy) is 1. The first-order chi connectivity index (χ1) is 15.5. The number of rotatable bonds is 8. The van der Waals surface area contributed by atoms with Gasteiger partial charge in [0.05, 0.1) is 18.0 Å². The van der Waals surface area contributed by atoms with Crippen molar-refractivity contribution in [2.45, 2.75) is 39.2 Å². The molecule has 6 heteroatoms. The first kappa shape index (κ1) is 22.2. The fourth-order valence-electron chi connectivity index (χ4n) is 4.73. The summed E-state index contributed by atoms with van der Waals surface area (Å²) in [4.78, 5) is 10.6. The van der Waals surface area contributed by atoms with E-state index >= 15 is 0 Å². The van der Waals surface area contributed by atoms with Crippen LogP contribution in [0.3, 0.4) is 0 Å². The predicted octanol–water partition coefficient (Wildman–Crippen LogP) is 5.57. The minimum absolute atomic E-state index is 0.235. The quantitative estimate of drug-likeness (QED) is 0.501. The number of carboxylic acid groups (broad SMARTS) is 1. The topological polar surface area (TPSA) is 64.4 Å². The number of benzene rings is 2. The van der Waals surface area contributed by atoms with Crippen LogP contribution in [0.1, 0.15) is 31.4 Å². The molecule has 5 nitrogen and oxygen atoms in total. The molecular formula is C26H29FN2O3. The lowest BCUT2D eigenvalue weighted by Gasteiger charge is -2.28. The number of aromatic nitrogens is 2. The summed E-state index contributed by atoms with van der Waals surface area (Å²) in [5, 5.41) is 13.6. The van der Waals surface area contributed by atoms with Crippen molar-refractivity contribution in [2.24, 2.45) is 11.8 Å². The number of carbonyl (C=O) groups is 1. The Morgan fingerprint density at radius 3 is 2.41 bits per heavy atom. The molecule has 0 amide bonds. The van der Waals surface area contributed by atoms with Crippen molar-refractivity contribution in [1.29, 1.82) is 0 Å². The SMILES string of the molecule is Cc1nn(C[C@H]2CC[C@@H](COCC(=O)O)CC2)c(-c2ccccc2F)c1-c1ccccc1. The van der Waals surface area contributed by atoms with E-state index in [0.29, 0.717) is 24.0 Å². The van der Waals surface area contributed by atoms with Crippen molar-refractivity contribution < 1.29 is 19.0 Å². The van der Waals surface area contributed by atoms with Crippen molar-refractivity contribution in [2.75, 3.05) is 13.2 Å². The Kier molecular flexibility index (Phi) is 7.00. The summed E-state index contributed by atoms with van der Waals surface area (Å²) in [6.07, 6.45) is 4.06. The van der Waals surface area contributed by atoms with Crippen molar-refractivity contribution >= 4 is 5.97 Å². The zero-order valence-electron chi connectivity index (χ0n) is 18.3. The Hall–Kier alpha value is -2.99. The minimum atomic E-state index is -0.928. The lowest BCUT2D eigenvalue weighted by molar-refractivity contribution is -0.142. The molecule has 1 aliphatic rings. The lowest BCUT2D eigenvalue weighted by Crippen LogP contribution is -2.23. The van der Waals surface area contributed by atoms with Crippen LogP contribution < -0.4 is 0 Å². The standard InChI is InChI=1S/C26H29FN2O3/c1-18-25(21-7-3-2-4-8-21)26(22-9-5-6-10-23(22)27)29(28-18)15-19-11-13-20(14-12-19)16-32-17-24(30)31/h2-10,19-20H,11-17H2,1H3,(H,30,31)/t19-,20+. The van der Waals surface area contributed by atoms with E-state index in [4.69, 9.17) is 14.9 Å². The number of hydrogen-bond donors (Lipinski definition) is 1.